The lowest BCUT2D eigenvalue weighted by Crippen LogP contribution is -2.15. The molecule has 0 unspecified atom stereocenters. The van der Waals surface area contributed by atoms with Gasteiger partial charge in [0.1, 0.15) is 16.3 Å². The third-order valence-corrected chi connectivity index (χ3v) is 5.15. The summed E-state index contributed by atoms with van der Waals surface area (Å²) in [7, 11) is 1.50. The molecule has 2 aromatic carbocycles. The van der Waals surface area contributed by atoms with E-state index in [0.29, 0.717) is 32.5 Å². The van der Waals surface area contributed by atoms with Gasteiger partial charge in [-0.2, -0.15) is 0 Å². The Hall–Kier alpha value is -2.83. The Bertz CT molecular complexity index is 998. The number of hydrogen-bond acceptors (Lipinski definition) is 5. The van der Waals surface area contributed by atoms with Gasteiger partial charge >= 0.3 is 5.97 Å². The highest BCUT2D eigenvalue weighted by Gasteiger charge is 2.24. The van der Waals surface area contributed by atoms with Crippen molar-refractivity contribution in [2.75, 3.05) is 19.0 Å². The molecule has 0 aliphatic carbocycles. The van der Waals surface area contributed by atoms with Gasteiger partial charge in [-0.25, -0.2) is 4.79 Å². The minimum absolute atomic E-state index is 0.231. The van der Waals surface area contributed by atoms with E-state index in [1.54, 1.807) is 43.3 Å². The van der Waals surface area contributed by atoms with E-state index in [4.69, 9.17) is 21.1 Å². The number of rotatable bonds is 6. The Morgan fingerprint density at radius 2 is 1.82 bits per heavy atom. The summed E-state index contributed by atoms with van der Waals surface area (Å²) in [6, 6.07) is 14.0. The molecular formula is C21H18ClNO4S. The van der Waals surface area contributed by atoms with E-state index in [1.807, 2.05) is 17.5 Å². The third kappa shape index (κ3) is 4.18. The summed E-state index contributed by atoms with van der Waals surface area (Å²) in [4.78, 5) is 25.4. The van der Waals surface area contributed by atoms with E-state index < -0.39 is 5.97 Å². The van der Waals surface area contributed by atoms with Gasteiger partial charge < -0.3 is 14.8 Å². The zero-order chi connectivity index (χ0) is 20.1. The smallest absolute Gasteiger partial charge is 0.341 e. The second-order valence-electron chi connectivity index (χ2n) is 5.74. The van der Waals surface area contributed by atoms with Crippen LogP contribution in [0.25, 0.3) is 11.1 Å². The molecule has 0 radical (unpaired) electrons. The lowest BCUT2D eigenvalue weighted by atomic mass is 10.0. The van der Waals surface area contributed by atoms with Gasteiger partial charge in [-0.15, -0.1) is 11.3 Å². The van der Waals surface area contributed by atoms with Crippen LogP contribution in [0.1, 0.15) is 27.6 Å². The molecule has 1 N–H and O–H groups in total. The molecule has 0 spiro atoms. The number of esters is 1. The van der Waals surface area contributed by atoms with Crippen LogP contribution in [0.5, 0.6) is 5.75 Å². The molecule has 7 heteroatoms. The highest BCUT2D eigenvalue weighted by atomic mass is 35.5. The zero-order valence-electron chi connectivity index (χ0n) is 15.3. The van der Waals surface area contributed by atoms with Gasteiger partial charge in [0.25, 0.3) is 5.91 Å². The Labute approximate surface area is 171 Å². The van der Waals surface area contributed by atoms with Crippen LogP contribution < -0.4 is 10.1 Å². The van der Waals surface area contributed by atoms with Crippen LogP contribution in [0.4, 0.5) is 5.00 Å². The van der Waals surface area contributed by atoms with E-state index in [0.717, 1.165) is 5.56 Å². The van der Waals surface area contributed by atoms with E-state index in [1.165, 1.54) is 18.4 Å². The summed E-state index contributed by atoms with van der Waals surface area (Å²) in [6.07, 6.45) is 0. The number of anilines is 1. The number of para-hydroxylation sites is 1. The normalized spacial score (nSPS) is 10.4. The number of halogens is 1. The monoisotopic (exact) mass is 415 g/mol. The summed E-state index contributed by atoms with van der Waals surface area (Å²) in [5.74, 6) is -0.413. The first kappa shape index (κ1) is 19.9. The number of carbonyl (C=O) groups is 2. The molecule has 3 rings (SSSR count). The molecule has 0 atom stereocenters. The maximum atomic E-state index is 12.8. The molecule has 0 aliphatic heterocycles. The molecule has 0 bridgehead atoms. The number of amides is 1. The fourth-order valence-electron chi connectivity index (χ4n) is 2.70. The van der Waals surface area contributed by atoms with Gasteiger partial charge in [-0.05, 0) is 36.8 Å². The van der Waals surface area contributed by atoms with Crippen molar-refractivity contribution >= 4 is 39.8 Å². The molecule has 0 saturated heterocycles. The first-order chi connectivity index (χ1) is 13.5. The summed E-state index contributed by atoms with van der Waals surface area (Å²) in [5.41, 5.74) is 2.18. The van der Waals surface area contributed by atoms with Gasteiger partial charge in [-0.3, -0.25) is 4.79 Å². The van der Waals surface area contributed by atoms with Gasteiger partial charge in [0.15, 0.2) is 0 Å². The van der Waals surface area contributed by atoms with E-state index in [-0.39, 0.29) is 12.5 Å². The molecule has 144 valence electrons. The Morgan fingerprint density at radius 1 is 1.11 bits per heavy atom. The zero-order valence-corrected chi connectivity index (χ0v) is 16.9. The molecule has 1 amide bonds. The van der Waals surface area contributed by atoms with Crippen LogP contribution in [0.15, 0.2) is 53.9 Å². The molecule has 0 saturated carbocycles. The van der Waals surface area contributed by atoms with Crippen LogP contribution in [-0.2, 0) is 4.74 Å². The van der Waals surface area contributed by atoms with Gasteiger partial charge in [0.2, 0.25) is 0 Å². The Morgan fingerprint density at radius 3 is 2.50 bits per heavy atom. The van der Waals surface area contributed by atoms with E-state index >= 15 is 0 Å². The van der Waals surface area contributed by atoms with Crippen molar-refractivity contribution in [1.29, 1.82) is 0 Å². The van der Waals surface area contributed by atoms with Crippen LogP contribution in [0.3, 0.4) is 0 Å². The second-order valence-corrected chi connectivity index (χ2v) is 7.05. The lowest BCUT2D eigenvalue weighted by Gasteiger charge is -2.10. The largest absolute Gasteiger partial charge is 0.496 e. The molecule has 1 heterocycles. The summed E-state index contributed by atoms with van der Waals surface area (Å²) in [5, 5.41) is 5.64. The van der Waals surface area contributed by atoms with Crippen molar-refractivity contribution in [1.82, 2.24) is 0 Å². The fourth-order valence-corrected chi connectivity index (χ4v) is 3.78. The minimum Gasteiger partial charge on any atom is -0.496 e. The highest BCUT2D eigenvalue weighted by molar-refractivity contribution is 7.15. The fraction of sp³-hybridized carbons (Fsp3) is 0.143. The maximum Gasteiger partial charge on any atom is 0.341 e. The minimum atomic E-state index is -0.496. The van der Waals surface area contributed by atoms with Crippen molar-refractivity contribution in [3.8, 4) is 16.9 Å². The van der Waals surface area contributed by atoms with Crippen molar-refractivity contribution in [3.63, 3.8) is 0 Å². The number of methoxy groups -OCH3 is 1. The summed E-state index contributed by atoms with van der Waals surface area (Å²) >= 11 is 7.22. The molecular weight excluding hydrogens is 398 g/mol. The van der Waals surface area contributed by atoms with Crippen LogP contribution in [0.2, 0.25) is 5.02 Å². The quantitative estimate of drug-likeness (QED) is 0.539. The number of nitrogens with one attached hydrogen (secondary N) is 1. The van der Waals surface area contributed by atoms with Gasteiger partial charge in [0.05, 0.1) is 19.3 Å². The topological polar surface area (TPSA) is 64.6 Å². The average Bonchev–Trinajstić information content (AvgIpc) is 3.12. The molecule has 3 aromatic rings. The first-order valence-electron chi connectivity index (χ1n) is 8.54. The Balaban J connectivity index is 2.00. The van der Waals surface area contributed by atoms with Crippen molar-refractivity contribution in [3.05, 3.63) is 70.1 Å². The molecule has 1 aromatic heterocycles. The number of carbonyl (C=O) groups excluding carboxylic acids is 2. The van der Waals surface area contributed by atoms with Crippen LogP contribution >= 0.6 is 22.9 Å². The number of thiophene rings is 1. The second kappa shape index (κ2) is 8.91. The standard InChI is InChI=1S/C21H18ClNO4S/c1-3-27-21(25)18-16(13-8-10-14(22)11-9-13)12-28-20(18)23-19(24)15-6-4-5-7-17(15)26-2/h4-12H,3H2,1-2H3,(H,23,24). The molecule has 0 fully saturated rings. The highest BCUT2D eigenvalue weighted by Crippen LogP contribution is 2.37. The predicted molar refractivity (Wildman–Crippen MR) is 112 cm³/mol. The van der Waals surface area contributed by atoms with E-state index in [2.05, 4.69) is 5.32 Å². The summed E-state index contributed by atoms with van der Waals surface area (Å²) < 4.78 is 10.5. The van der Waals surface area contributed by atoms with E-state index in [9.17, 15) is 9.59 Å². The van der Waals surface area contributed by atoms with Gasteiger partial charge in [-0.1, -0.05) is 35.9 Å². The van der Waals surface area contributed by atoms with Crippen molar-refractivity contribution in [2.45, 2.75) is 6.92 Å². The molecule has 28 heavy (non-hydrogen) atoms. The number of hydrogen-bond donors (Lipinski definition) is 1. The maximum absolute atomic E-state index is 12.8. The lowest BCUT2D eigenvalue weighted by molar-refractivity contribution is 0.0529. The predicted octanol–water partition coefficient (Wildman–Crippen LogP) is 5.51. The first-order valence-corrected chi connectivity index (χ1v) is 9.79. The SMILES string of the molecule is CCOC(=O)c1c(-c2ccc(Cl)cc2)csc1NC(=O)c1ccccc1OC. The molecule has 5 nitrogen and oxygen atoms in total. The summed E-state index contributed by atoms with van der Waals surface area (Å²) in [6.45, 7) is 1.97. The number of benzene rings is 2. The molecule has 0 aliphatic rings. The third-order valence-electron chi connectivity index (χ3n) is 4.00. The Kier molecular flexibility index (Phi) is 6.34. The number of ether oxygens (including phenoxy) is 2. The average molecular weight is 416 g/mol. The van der Waals surface area contributed by atoms with Gasteiger partial charge in [0, 0.05) is 16.0 Å². The van der Waals surface area contributed by atoms with Crippen molar-refractivity contribution in [2.24, 2.45) is 0 Å². The van der Waals surface area contributed by atoms with Crippen LogP contribution in [0, 0.1) is 0 Å². The van der Waals surface area contributed by atoms with Crippen molar-refractivity contribution < 1.29 is 19.1 Å². The van der Waals surface area contributed by atoms with Crippen LogP contribution in [-0.4, -0.2) is 25.6 Å².